The Morgan fingerprint density at radius 3 is 2.36 bits per heavy atom. The number of nitro benzene ring substituents is 2. The van der Waals surface area contributed by atoms with Crippen molar-refractivity contribution < 1.29 is 34.6 Å². The summed E-state index contributed by atoms with van der Waals surface area (Å²) in [5.74, 6) is -0.492. The number of hydrogen-bond acceptors (Lipinski definition) is 9. The summed E-state index contributed by atoms with van der Waals surface area (Å²) in [6.45, 7) is -0.602. The van der Waals surface area contributed by atoms with Crippen LogP contribution in [0.2, 0.25) is 0 Å². The highest BCUT2D eigenvalue weighted by Crippen LogP contribution is 2.34. The SMILES string of the molecule is O=[N+]([O-])c1ccc([N+](=O)[O-])c(O[C@@H]2O[C@@H](CO)[C@H](O)[C@H]2O)c1. The largest absolute Gasteiger partial charge is 0.454 e. The van der Waals surface area contributed by atoms with Crippen molar-refractivity contribution in [3.8, 4) is 5.75 Å². The van der Waals surface area contributed by atoms with Crippen molar-refractivity contribution in [2.75, 3.05) is 6.61 Å². The Hall–Kier alpha value is -2.34. The van der Waals surface area contributed by atoms with E-state index in [1.165, 1.54) is 0 Å². The molecular weight excluding hydrogens is 304 g/mol. The van der Waals surface area contributed by atoms with E-state index in [9.17, 15) is 30.4 Å². The molecule has 1 aliphatic rings. The lowest BCUT2D eigenvalue weighted by Gasteiger charge is -2.16. The summed E-state index contributed by atoms with van der Waals surface area (Å²) < 4.78 is 10.1. The average molecular weight is 316 g/mol. The Balaban J connectivity index is 2.30. The van der Waals surface area contributed by atoms with Gasteiger partial charge >= 0.3 is 5.69 Å². The van der Waals surface area contributed by atoms with Gasteiger partial charge < -0.3 is 24.8 Å². The molecule has 1 aliphatic heterocycles. The second-order valence-corrected chi connectivity index (χ2v) is 4.49. The number of aliphatic hydroxyl groups is 3. The average Bonchev–Trinajstić information content (AvgIpc) is 2.74. The van der Waals surface area contributed by atoms with Gasteiger partial charge in [-0.25, -0.2) is 0 Å². The van der Waals surface area contributed by atoms with Gasteiger partial charge in [0.25, 0.3) is 5.69 Å². The van der Waals surface area contributed by atoms with Crippen molar-refractivity contribution in [2.24, 2.45) is 0 Å². The number of aliphatic hydroxyl groups excluding tert-OH is 3. The Morgan fingerprint density at radius 1 is 1.18 bits per heavy atom. The van der Waals surface area contributed by atoms with Crippen LogP contribution in [0.4, 0.5) is 11.4 Å². The molecule has 0 saturated carbocycles. The molecule has 1 heterocycles. The van der Waals surface area contributed by atoms with Crippen molar-refractivity contribution in [3.05, 3.63) is 38.4 Å². The molecule has 120 valence electrons. The lowest BCUT2D eigenvalue weighted by Crippen LogP contribution is -2.35. The molecule has 1 aromatic rings. The molecule has 0 spiro atoms. The topological polar surface area (TPSA) is 165 Å². The molecule has 0 radical (unpaired) electrons. The molecule has 2 rings (SSSR count). The van der Waals surface area contributed by atoms with Gasteiger partial charge in [-0.3, -0.25) is 20.2 Å². The number of nitrogens with zero attached hydrogens (tertiary/aromatic N) is 2. The Morgan fingerprint density at radius 2 is 1.86 bits per heavy atom. The first-order chi connectivity index (χ1) is 10.3. The van der Waals surface area contributed by atoms with E-state index >= 15 is 0 Å². The van der Waals surface area contributed by atoms with Crippen LogP contribution in [-0.4, -0.2) is 56.4 Å². The predicted octanol–water partition coefficient (Wildman–Crippen LogP) is -0.679. The van der Waals surface area contributed by atoms with Gasteiger partial charge in [-0.2, -0.15) is 0 Å². The summed E-state index contributed by atoms with van der Waals surface area (Å²) in [5.41, 5.74) is -1.02. The standard InChI is InChI=1S/C11H12N2O9/c14-4-8-9(15)10(16)11(22-8)21-7-3-5(12(17)18)1-2-6(7)13(19)20/h1-3,8-11,14-16H,4H2/t8-,9-,10+,11+/m0/s1. The Kier molecular flexibility index (Phi) is 4.51. The Bertz CT molecular complexity index is 593. The van der Waals surface area contributed by atoms with Crippen molar-refractivity contribution in [2.45, 2.75) is 24.6 Å². The van der Waals surface area contributed by atoms with Crippen molar-refractivity contribution >= 4 is 11.4 Å². The molecule has 1 fully saturated rings. The lowest BCUT2D eigenvalue weighted by molar-refractivity contribution is -0.390. The molecule has 0 amide bonds. The van der Waals surface area contributed by atoms with Crippen molar-refractivity contribution in [1.29, 1.82) is 0 Å². The van der Waals surface area contributed by atoms with E-state index in [0.717, 1.165) is 18.2 Å². The lowest BCUT2D eigenvalue weighted by atomic mass is 10.1. The van der Waals surface area contributed by atoms with E-state index in [1.807, 2.05) is 0 Å². The van der Waals surface area contributed by atoms with Gasteiger partial charge in [-0.15, -0.1) is 0 Å². The van der Waals surface area contributed by atoms with Gasteiger partial charge in [-0.1, -0.05) is 0 Å². The van der Waals surface area contributed by atoms with Gasteiger partial charge in [0.1, 0.15) is 18.3 Å². The second kappa shape index (κ2) is 6.19. The van der Waals surface area contributed by atoms with Crippen LogP contribution >= 0.6 is 0 Å². The molecule has 1 aromatic carbocycles. The maximum Gasteiger partial charge on any atom is 0.311 e. The van der Waals surface area contributed by atoms with Crippen LogP contribution in [-0.2, 0) is 4.74 Å². The highest BCUT2D eigenvalue weighted by Gasteiger charge is 2.44. The van der Waals surface area contributed by atoms with Crippen LogP contribution in [0.5, 0.6) is 5.75 Å². The minimum absolute atomic E-state index is 0.452. The minimum atomic E-state index is -1.57. The van der Waals surface area contributed by atoms with Gasteiger partial charge in [0, 0.05) is 12.1 Å². The van der Waals surface area contributed by atoms with Crippen LogP contribution in [0.15, 0.2) is 18.2 Å². The summed E-state index contributed by atoms with van der Waals surface area (Å²) in [6.07, 6.45) is -5.66. The molecule has 22 heavy (non-hydrogen) atoms. The normalized spacial score (nSPS) is 27.6. The highest BCUT2D eigenvalue weighted by atomic mass is 16.7. The summed E-state index contributed by atoms with van der Waals surface area (Å²) >= 11 is 0. The zero-order valence-corrected chi connectivity index (χ0v) is 10.9. The molecule has 1 saturated heterocycles. The van der Waals surface area contributed by atoms with Crippen LogP contribution in [0.25, 0.3) is 0 Å². The van der Waals surface area contributed by atoms with Gasteiger partial charge in [0.05, 0.1) is 22.5 Å². The van der Waals surface area contributed by atoms with E-state index in [1.54, 1.807) is 0 Å². The fourth-order valence-electron chi connectivity index (χ4n) is 1.95. The van der Waals surface area contributed by atoms with Crippen LogP contribution in [0, 0.1) is 20.2 Å². The third-order valence-electron chi connectivity index (χ3n) is 3.09. The van der Waals surface area contributed by atoms with E-state index in [0.29, 0.717) is 0 Å². The van der Waals surface area contributed by atoms with E-state index in [4.69, 9.17) is 14.6 Å². The molecule has 0 bridgehead atoms. The van der Waals surface area contributed by atoms with Gasteiger partial charge in [0.15, 0.2) is 0 Å². The van der Waals surface area contributed by atoms with E-state index in [2.05, 4.69) is 0 Å². The molecule has 11 nitrogen and oxygen atoms in total. The number of hydrogen-bond donors (Lipinski definition) is 3. The third-order valence-corrected chi connectivity index (χ3v) is 3.09. The van der Waals surface area contributed by atoms with Crippen molar-refractivity contribution in [1.82, 2.24) is 0 Å². The predicted molar refractivity (Wildman–Crippen MR) is 68.1 cm³/mol. The molecule has 11 heteroatoms. The first-order valence-corrected chi connectivity index (χ1v) is 6.07. The maximum atomic E-state index is 10.9. The molecule has 0 aromatic heterocycles. The molecule has 0 unspecified atom stereocenters. The van der Waals surface area contributed by atoms with Crippen LogP contribution in [0.1, 0.15) is 0 Å². The second-order valence-electron chi connectivity index (χ2n) is 4.49. The smallest absolute Gasteiger partial charge is 0.311 e. The van der Waals surface area contributed by atoms with E-state index < -0.39 is 58.2 Å². The first-order valence-electron chi connectivity index (χ1n) is 6.07. The fraction of sp³-hybridized carbons (Fsp3) is 0.455. The number of rotatable bonds is 5. The molecule has 0 aliphatic carbocycles. The monoisotopic (exact) mass is 316 g/mol. The summed E-state index contributed by atoms with van der Waals surface area (Å²) in [5, 5.41) is 49.9. The van der Waals surface area contributed by atoms with Crippen molar-refractivity contribution in [3.63, 3.8) is 0 Å². The van der Waals surface area contributed by atoms with Gasteiger partial charge in [0.2, 0.25) is 12.0 Å². The summed E-state index contributed by atoms with van der Waals surface area (Å²) in [4.78, 5) is 20.0. The molecule has 4 atom stereocenters. The highest BCUT2D eigenvalue weighted by molar-refractivity contribution is 5.53. The van der Waals surface area contributed by atoms with Crippen LogP contribution in [0.3, 0.4) is 0 Å². The molecule has 3 N–H and O–H groups in total. The van der Waals surface area contributed by atoms with E-state index in [-0.39, 0.29) is 0 Å². The molecular formula is C11H12N2O9. The third kappa shape index (κ3) is 2.96. The number of ether oxygens (including phenoxy) is 2. The maximum absolute atomic E-state index is 10.9. The zero-order valence-electron chi connectivity index (χ0n) is 10.9. The van der Waals surface area contributed by atoms with Crippen LogP contribution < -0.4 is 4.74 Å². The number of non-ortho nitro benzene ring substituents is 1. The Labute approximate surface area is 122 Å². The number of benzene rings is 1. The number of nitro groups is 2. The quantitative estimate of drug-likeness (QED) is 0.471. The van der Waals surface area contributed by atoms with Gasteiger partial charge in [-0.05, 0) is 0 Å². The summed E-state index contributed by atoms with van der Waals surface area (Å²) in [7, 11) is 0. The zero-order chi connectivity index (χ0) is 16.4. The fourth-order valence-corrected chi connectivity index (χ4v) is 1.95. The minimum Gasteiger partial charge on any atom is -0.454 e. The summed E-state index contributed by atoms with van der Waals surface area (Å²) in [6, 6.07) is 2.63. The first kappa shape index (κ1) is 16.0.